The van der Waals surface area contributed by atoms with Crippen LogP contribution in [0.5, 0.6) is 0 Å². The number of ether oxygens (including phenoxy) is 1. The van der Waals surface area contributed by atoms with Gasteiger partial charge in [0.1, 0.15) is 10.5 Å². The summed E-state index contributed by atoms with van der Waals surface area (Å²) >= 11 is 3.59. The fourth-order valence-corrected chi connectivity index (χ4v) is 5.52. The lowest BCUT2D eigenvalue weighted by Crippen LogP contribution is -2.39. The second kappa shape index (κ2) is 6.86. The van der Waals surface area contributed by atoms with Gasteiger partial charge in [0.25, 0.3) is 0 Å². The van der Waals surface area contributed by atoms with E-state index in [1.54, 1.807) is 11.3 Å². The van der Waals surface area contributed by atoms with Crippen LogP contribution in [-0.2, 0) is 16.7 Å². The number of thioether (sulfide) groups is 1. The molecular formula is C18H21N3OS2. The third kappa shape index (κ3) is 2.87. The largest absolute Gasteiger partial charge is 0.378 e. The van der Waals surface area contributed by atoms with Crippen molar-refractivity contribution >= 4 is 28.3 Å². The smallest absolute Gasteiger partial charge is 0.160 e. The molecule has 0 amide bonds. The zero-order valence-corrected chi connectivity index (χ0v) is 15.4. The average Bonchev–Trinajstić information content (AvgIpc) is 3.31. The number of benzene rings is 1. The number of hydrogen-bond acceptors (Lipinski definition) is 6. The molecule has 1 aromatic heterocycles. The van der Waals surface area contributed by atoms with Crippen molar-refractivity contribution in [2.45, 2.75) is 18.9 Å². The van der Waals surface area contributed by atoms with Crippen LogP contribution in [0.4, 0.5) is 0 Å². The lowest BCUT2D eigenvalue weighted by atomic mass is 9.93. The Balaban J connectivity index is 1.76. The molecule has 0 N–H and O–H groups in total. The Morgan fingerprint density at radius 3 is 2.71 bits per heavy atom. The number of rotatable bonds is 3. The van der Waals surface area contributed by atoms with Gasteiger partial charge in [-0.1, -0.05) is 49.0 Å². The predicted molar refractivity (Wildman–Crippen MR) is 101 cm³/mol. The van der Waals surface area contributed by atoms with E-state index in [2.05, 4.69) is 47.5 Å². The SMILES string of the molecule is CCc1csc(C2(c3ccccc3)CSC(N3CCOCC3)=N2)n1. The first-order chi connectivity index (χ1) is 11.8. The van der Waals surface area contributed by atoms with E-state index in [9.17, 15) is 0 Å². The molecular weight excluding hydrogens is 338 g/mol. The van der Waals surface area contributed by atoms with Crippen LogP contribution >= 0.6 is 23.1 Å². The van der Waals surface area contributed by atoms with Crippen LogP contribution in [0.3, 0.4) is 0 Å². The fraction of sp³-hybridized carbons (Fsp3) is 0.444. The first-order valence-corrected chi connectivity index (χ1v) is 10.2. The summed E-state index contributed by atoms with van der Waals surface area (Å²) in [5.74, 6) is 0.917. The van der Waals surface area contributed by atoms with E-state index in [1.807, 2.05) is 11.8 Å². The molecule has 1 fully saturated rings. The Morgan fingerprint density at radius 1 is 1.21 bits per heavy atom. The maximum atomic E-state index is 5.48. The Bertz CT molecular complexity index is 725. The monoisotopic (exact) mass is 359 g/mol. The third-order valence-corrected chi connectivity index (χ3v) is 6.71. The number of amidine groups is 1. The molecule has 4 nitrogen and oxygen atoms in total. The van der Waals surface area contributed by atoms with Gasteiger partial charge in [0.2, 0.25) is 0 Å². The molecule has 6 heteroatoms. The second-order valence-corrected chi connectivity index (χ2v) is 7.81. The Hall–Kier alpha value is -1.37. The normalized spacial score (nSPS) is 24.2. The van der Waals surface area contributed by atoms with Gasteiger partial charge in [-0.2, -0.15) is 0 Å². The lowest BCUT2D eigenvalue weighted by molar-refractivity contribution is 0.0692. The molecule has 0 saturated carbocycles. The zero-order valence-electron chi connectivity index (χ0n) is 13.8. The van der Waals surface area contributed by atoms with Gasteiger partial charge >= 0.3 is 0 Å². The summed E-state index contributed by atoms with van der Waals surface area (Å²) in [6, 6.07) is 10.6. The standard InChI is InChI=1S/C18H21N3OS2/c1-2-15-12-23-16(19-15)18(14-6-4-3-5-7-14)13-24-17(20-18)21-8-10-22-11-9-21/h3-7,12H,2,8-11,13H2,1H3. The Kier molecular flexibility index (Phi) is 4.61. The fourth-order valence-electron chi connectivity index (χ4n) is 3.07. The highest BCUT2D eigenvalue weighted by Gasteiger charge is 2.43. The number of hydrogen-bond donors (Lipinski definition) is 0. The van der Waals surface area contributed by atoms with Crippen LogP contribution in [0, 0.1) is 0 Å². The van der Waals surface area contributed by atoms with Gasteiger partial charge < -0.3 is 9.64 Å². The van der Waals surface area contributed by atoms with Crippen molar-refractivity contribution in [2.24, 2.45) is 4.99 Å². The number of morpholine rings is 1. The van der Waals surface area contributed by atoms with Crippen molar-refractivity contribution in [3.63, 3.8) is 0 Å². The van der Waals surface area contributed by atoms with E-state index in [1.165, 1.54) is 5.56 Å². The molecule has 0 aliphatic carbocycles. The van der Waals surface area contributed by atoms with Gasteiger partial charge in [0.05, 0.1) is 18.9 Å². The predicted octanol–water partition coefficient (Wildman–Crippen LogP) is 3.38. The van der Waals surface area contributed by atoms with Gasteiger partial charge in [0.15, 0.2) is 5.17 Å². The minimum Gasteiger partial charge on any atom is -0.378 e. The molecule has 126 valence electrons. The van der Waals surface area contributed by atoms with Crippen LogP contribution in [0.25, 0.3) is 0 Å². The number of thiazole rings is 1. The number of aromatic nitrogens is 1. The molecule has 0 bridgehead atoms. The molecule has 0 spiro atoms. The molecule has 1 atom stereocenters. The highest BCUT2D eigenvalue weighted by atomic mass is 32.2. The average molecular weight is 360 g/mol. The van der Waals surface area contributed by atoms with E-state index < -0.39 is 0 Å². The third-order valence-electron chi connectivity index (χ3n) is 4.50. The van der Waals surface area contributed by atoms with Crippen molar-refractivity contribution < 1.29 is 4.74 Å². The summed E-state index contributed by atoms with van der Waals surface area (Å²) < 4.78 is 5.48. The Morgan fingerprint density at radius 2 is 2.00 bits per heavy atom. The number of aryl methyl sites for hydroxylation is 1. The van der Waals surface area contributed by atoms with Gasteiger partial charge in [-0.25, -0.2) is 9.98 Å². The maximum absolute atomic E-state index is 5.48. The molecule has 24 heavy (non-hydrogen) atoms. The zero-order chi connectivity index (χ0) is 16.4. The molecule has 2 aliphatic rings. The minimum atomic E-state index is -0.350. The van der Waals surface area contributed by atoms with Crippen LogP contribution in [0.1, 0.15) is 23.2 Å². The van der Waals surface area contributed by atoms with Crippen molar-refractivity contribution in [1.82, 2.24) is 9.88 Å². The van der Waals surface area contributed by atoms with Crippen molar-refractivity contribution in [2.75, 3.05) is 32.1 Å². The van der Waals surface area contributed by atoms with Crippen molar-refractivity contribution in [1.29, 1.82) is 0 Å². The molecule has 1 unspecified atom stereocenters. The molecule has 2 aliphatic heterocycles. The highest BCUT2D eigenvalue weighted by molar-refractivity contribution is 8.14. The van der Waals surface area contributed by atoms with Crippen LogP contribution in [0.15, 0.2) is 40.7 Å². The highest BCUT2D eigenvalue weighted by Crippen LogP contribution is 2.44. The van der Waals surface area contributed by atoms with Crippen LogP contribution in [0.2, 0.25) is 0 Å². The topological polar surface area (TPSA) is 37.7 Å². The molecule has 3 heterocycles. The van der Waals surface area contributed by atoms with Crippen LogP contribution in [-0.4, -0.2) is 47.1 Å². The van der Waals surface area contributed by atoms with E-state index in [0.29, 0.717) is 0 Å². The maximum Gasteiger partial charge on any atom is 0.160 e. The molecule has 0 radical (unpaired) electrons. The number of aliphatic imine (C=N–C) groups is 1. The summed E-state index contributed by atoms with van der Waals surface area (Å²) in [4.78, 5) is 12.5. The lowest BCUT2D eigenvalue weighted by Gasteiger charge is -2.28. The minimum absolute atomic E-state index is 0.350. The quantitative estimate of drug-likeness (QED) is 0.842. The van der Waals surface area contributed by atoms with Gasteiger partial charge in [-0.05, 0) is 12.0 Å². The first kappa shape index (κ1) is 16.1. The molecule has 4 rings (SSSR count). The van der Waals surface area contributed by atoms with E-state index >= 15 is 0 Å². The summed E-state index contributed by atoms with van der Waals surface area (Å²) in [6.45, 7) is 5.58. The first-order valence-electron chi connectivity index (χ1n) is 8.37. The van der Waals surface area contributed by atoms with E-state index in [0.717, 1.165) is 54.3 Å². The molecule has 1 aromatic carbocycles. The van der Waals surface area contributed by atoms with Gasteiger partial charge in [0, 0.05) is 24.2 Å². The summed E-state index contributed by atoms with van der Waals surface area (Å²) in [5.41, 5.74) is 2.04. The number of nitrogens with zero attached hydrogens (tertiary/aromatic N) is 3. The van der Waals surface area contributed by atoms with Gasteiger partial charge in [-0.3, -0.25) is 0 Å². The Labute approximate surface area is 151 Å². The van der Waals surface area contributed by atoms with Crippen molar-refractivity contribution in [3.8, 4) is 0 Å². The molecule has 1 saturated heterocycles. The van der Waals surface area contributed by atoms with E-state index in [-0.39, 0.29) is 5.54 Å². The van der Waals surface area contributed by atoms with E-state index in [4.69, 9.17) is 14.7 Å². The second-order valence-electron chi connectivity index (χ2n) is 6.01. The van der Waals surface area contributed by atoms with Crippen molar-refractivity contribution in [3.05, 3.63) is 52.0 Å². The summed E-state index contributed by atoms with van der Waals surface area (Å²) in [5, 5.41) is 4.42. The van der Waals surface area contributed by atoms with Crippen LogP contribution < -0.4 is 0 Å². The molecule has 2 aromatic rings. The van der Waals surface area contributed by atoms with Gasteiger partial charge in [-0.15, -0.1) is 11.3 Å². The summed E-state index contributed by atoms with van der Waals surface area (Å²) in [6.07, 6.45) is 0.967. The summed E-state index contributed by atoms with van der Waals surface area (Å²) in [7, 11) is 0.